The molecular formula is C34H35N7O3. The van der Waals surface area contributed by atoms with Gasteiger partial charge >= 0.3 is 0 Å². The molecule has 0 spiro atoms. The van der Waals surface area contributed by atoms with Gasteiger partial charge < -0.3 is 25.2 Å². The molecule has 0 bridgehead atoms. The van der Waals surface area contributed by atoms with Crippen LogP contribution in [0.5, 0.6) is 5.75 Å². The van der Waals surface area contributed by atoms with E-state index in [0.29, 0.717) is 51.8 Å². The van der Waals surface area contributed by atoms with Crippen molar-refractivity contribution in [1.29, 1.82) is 0 Å². The molecule has 0 unspecified atom stereocenters. The molecule has 224 valence electrons. The molecule has 0 atom stereocenters. The van der Waals surface area contributed by atoms with E-state index >= 15 is 0 Å². The molecule has 0 aliphatic carbocycles. The van der Waals surface area contributed by atoms with Crippen molar-refractivity contribution in [3.05, 3.63) is 95.4 Å². The van der Waals surface area contributed by atoms with Crippen molar-refractivity contribution in [3.8, 4) is 22.6 Å². The Morgan fingerprint density at radius 3 is 2.48 bits per heavy atom. The zero-order valence-electron chi connectivity index (χ0n) is 25.1. The smallest absolute Gasteiger partial charge is 0.264 e. The van der Waals surface area contributed by atoms with Crippen LogP contribution in [0.2, 0.25) is 0 Å². The second kappa shape index (κ2) is 12.6. The highest BCUT2D eigenvalue weighted by molar-refractivity contribution is 5.91. The van der Waals surface area contributed by atoms with E-state index in [4.69, 9.17) is 9.72 Å². The summed E-state index contributed by atoms with van der Waals surface area (Å²) >= 11 is 0. The Kier molecular flexibility index (Phi) is 8.25. The number of aromatic nitrogens is 3. The molecule has 2 N–H and O–H groups in total. The first kappa shape index (κ1) is 28.9. The zero-order chi connectivity index (χ0) is 30.6. The van der Waals surface area contributed by atoms with Gasteiger partial charge in [-0.3, -0.25) is 14.2 Å². The van der Waals surface area contributed by atoms with Gasteiger partial charge in [-0.1, -0.05) is 43.3 Å². The molecule has 10 nitrogen and oxygen atoms in total. The van der Waals surface area contributed by atoms with Crippen LogP contribution >= 0.6 is 0 Å². The minimum atomic E-state index is -0.235. The van der Waals surface area contributed by atoms with Crippen LogP contribution in [-0.4, -0.2) is 65.7 Å². The fraction of sp³-hybridized carbons (Fsp3) is 0.235. The first-order valence-corrected chi connectivity index (χ1v) is 14.7. The van der Waals surface area contributed by atoms with Crippen LogP contribution in [0.25, 0.3) is 27.8 Å². The van der Waals surface area contributed by atoms with Crippen LogP contribution in [0.4, 0.5) is 23.0 Å². The number of hydrogen-bond donors (Lipinski definition) is 2. The van der Waals surface area contributed by atoms with Crippen LogP contribution in [0.15, 0.2) is 89.9 Å². The monoisotopic (exact) mass is 589 g/mol. The standard InChI is InChI=1S/C34H35N7O3/c1-4-31(42)36-25-11-8-12-27(20-25)41-32-24(19-28(33(41)43)23-9-6-5-7-10-23)22-35-34(38-32)37-29-14-13-26(21-30(29)44-3)40-17-15-39(2)16-18-40/h5-14,19-22H,4,15-18H2,1-3H3,(H,36,42)(H,35,37,38). The molecule has 3 heterocycles. The number of nitrogens with one attached hydrogen (secondary N) is 2. The summed E-state index contributed by atoms with van der Waals surface area (Å²) in [5.74, 6) is 0.874. The summed E-state index contributed by atoms with van der Waals surface area (Å²) in [6, 6.07) is 24.6. The van der Waals surface area contributed by atoms with Crippen LogP contribution in [-0.2, 0) is 4.79 Å². The largest absolute Gasteiger partial charge is 0.494 e. The first-order valence-electron chi connectivity index (χ1n) is 14.7. The van der Waals surface area contributed by atoms with Gasteiger partial charge in [0.15, 0.2) is 5.65 Å². The Bertz CT molecular complexity index is 1870. The van der Waals surface area contributed by atoms with Crippen molar-refractivity contribution in [1.82, 2.24) is 19.4 Å². The summed E-state index contributed by atoms with van der Waals surface area (Å²) in [5, 5.41) is 6.87. The maximum Gasteiger partial charge on any atom is 0.264 e. The number of amides is 1. The molecule has 0 radical (unpaired) electrons. The van der Waals surface area contributed by atoms with Crippen molar-refractivity contribution in [3.63, 3.8) is 0 Å². The van der Waals surface area contributed by atoms with E-state index < -0.39 is 0 Å². The van der Waals surface area contributed by atoms with Gasteiger partial charge in [0, 0.05) is 67.2 Å². The van der Waals surface area contributed by atoms with Crippen molar-refractivity contribution >= 4 is 40.0 Å². The van der Waals surface area contributed by atoms with E-state index in [2.05, 4.69) is 38.5 Å². The van der Waals surface area contributed by atoms with Gasteiger partial charge in [0.05, 0.1) is 18.5 Å². The van der Waals surface area contributed by atoms with E-state index in [9.17, 15) is 9.59 Å². The van der Waals surface area contributed by atoms with Crippen molar-refractivity contribution in [2.24, 2.45) is 0 Å². The highest BCUT2D eigenvalue weighted by atomic mass is 16.5. The number of methoxy groups -OCH3 is 1. The number of anilines is 4. The summed E-state index contributed by atoms with van der Waals surface area (Å²) in [6.07, 6.45) is 2.06. The Morgan fingerprint density at radius 1 is 0.932 bits per heavy atom. The number of hydrogen-bond acceptors (Lipinski definition) is 8. The minimum Gasteiger partial charge on any atom is -0.494 e. The second-order valence-corrected chi connectivity index (χ2v) is 10.8. The van der Waals surface area contributed by atoms with Gasteiger partial charge in [-0.15, -0.1) is 0 Å². The lowest BCUT2D eigenvalue weighted by atomic mass is 10.1. The lowest BCUT2D eigenvalue weighted by molar-refractivity contribution is -0.115. The SMILES string of the molecule is CCC(=O)Nc1cccc(-n2c(=O)c(-c3ccccc3)cc3cnc(Nc4ccc(N5CCN(C)CC5)cc4OC)nc32)c1. The topological polar surface area (TPSA) is 105 Å². The maximum absolute atomic E-state index is 14.1. The molecule has 10 heteroatoms. The predicted octanol–water partition coefficient (Wildman–Crippen LogP) is 5.30. The molecule has 1 aliphatic rings. The van der Waals surface area contributed by atoms with Gasteiger partial charge in [-0.05, 0) is 49.0 Å². The van der Waals surface area contributed by atoms with Gasteiger partial charge in [0.2, 0.25) is 11.9 Å². The van der Waals surface area contributed by atoms with Gasteiger partial charge in [0.25, 0.3) is 5.56 Å². The Morgan fingerprint density at radius 2 is 1.73 bits per heavy atom. The fourth-order valence-electron chi connectivity index (χ4n) is 5.36. The molecule has 1 saturated heterocycles. The quantitative estimate of drug-likeness (QED) is 0.251. The summed E-state index contributed by atoms with van der Waals surface area (Å²) < 4.78 is 7.31. The summed E-state index contributed by atoms with van der Waals surface area (Å²) in [4.78, 5) is 40.3. The van der Waals surface area contributed by atoms with Gasteiger partial charge in [-0.2, -0.15) is 4.98 Å². The second-order valence-electron chi connectivity index (χ2n) is 10.8. The highest BCUT2D eigenvalue weighted by Crippen LogP contribution is 2.32. The Labute approximate surface area is 255 Å². The molecule has 3 aromatic carbocycles. The normalized spacial score (nSPS) is 13.6. The number of piperazine rings is 1. The number of ether oxygens (including phenoxy) is 1. The molecule has 6 rings (SSSR count). The van der Waals surface area contributed by atoms with Gasteiger partial charge in [-0.25, -0.2) is 4.98 Å². The lowest BCUT2D eigenvalue weighted by Crippen LogP contribution is -2.44. The van der Waals surface area contributed by atoms with Crippen LogP contribution < -0.4 is 25.8 Å². The highest BCUT2D eigenvalue weighted by Gasteiger charge is 2.18. The predicted molar refractivity (Wildman–Crippen MR) is 175 cm³/mol. The molecule has 1 amide bonds. The third-order valence-corrected chi connectivity index (χ3v) is 7.84. The summed E-state index contributed by atoms with van der Waals surface area (Å²) in [6.45, 7) is 5.71. The average molecular weight is 590 g/mol. The van der Waals surface area contributed by atoms with Crippen LogP contribution in [0.1, 0.15) is 13.3 Å². The van der Waals surface area contributed by atoms with E-state index in [-0.39, 0.29) is 11.5 Å². The molecule has 44 heavy (non-hydrogen) atoms. The number of nitrogens with zero attached hydrogens (tertiary/aromatic N) is 5. The Balaban J connectivity index is 1.42. The van der Waals surface area contributed by atoms with E-state index in [1.807, 2.05) is 54.6 Å². The van der Waals surface area contributed by atoms with Crippen molar-refractivity contribution in [2.75, 3.05) is 55.9 Å². The molecule has 1 aliphatic heterocycles. The van der Waals surface area contributed by atoms with Crippen molar-refractivity contribution in [2.45, 2.75) is 13.3 Å². The number of carbonyl (C=O) groups excluding carboxylic acids is 1. The number of carbonyl (C=O) groups is 1. The third kappa shape index (κ3) is 5.97. The molecule has 0 saturated carbocycles. The van der Waals surface area contributed by atoms with E-state index in [0.717, 1.165) is 37.4 Å². The molecule has 1 fully saturated rings. The number of fused-ring (bicyclic) bond motifs is 1. The first-order chi connectivity index (χ1) is 21.4. The van der Waals surface area contributed by atoms with Crippen LogP contribution in [0.3, 0.4) is 0 Å². The Hall–Kier alpha value is -5.22. The third-order valence-electron chi connectivity index (χ3n) is 7.84. The maximum atomic E-state index is 14.1. The minimum absolute atomic E-state index is 0.112. The van der Waals surface area contributed by atoms with Gasteiger partial charge in [0.1, 0.15) is 5.75 Å². The average Bonchev–Trinajstić information content (AvgIpc) is 3.05. The van der Waals surface area contributed by atoms with E-state index in [1.165, 1.54) is 0 Å². The molecular weight excluding hydrogens is 554 g/mol. The number of likely N-dealkylation sites (N-methyl/N-ethyl adjacent to an activating group) is 1. The number of rotatable bonds is 8. The lowest BCUT2D eigenvalue weighted by Gasteiger charge is -2.34. The fourth-order valence-corrected chi connectivity index (χ4v) is 5.36. The summed E-state index contributed by atoms with van der Waals surface area (Å²) in [7, 11) is 3.78. The molecule has 5 aromatic rings. The van der Waals surface area contributed by atoms with E-state index in [1.54, 1.807) is 43.0 Å². The summed E-state index contributed by atoms with van der Waals surface area (Å²) in [5.41, 5.74) is 4.48. The number of pyridine rings is 1. The number of benzene rings is 3. The van der Waals surface area contributed by atoms with Crippen molar-refractivity contribution < 1.29 is 9.53 Å². The van der Waals surface area contributed by atoms with Crippen LogP contribution in [0, 0.1) is 0 Å². The molecule has 2 aromatic heterocycles. The zero-order valence-corrected chi connectivity index (χ0v) is 25.1.